The van der Waals surface area contributed by atoms with Gasteiger partial charge in [-0.3, -0.25) is 0 Å². The number of pyridine rings is 1. The largest absolute Gasteiger partial charge is 0.478 e. The number of carboxylic acid groups (broad SMARTS) is 2. The molecule has 0 unspecified atom stereocenters. The van der Waals surface area contributed by atoms with Crippen molar-refractivity contribution in [1.82, 2.24) is 4.98 Å². The second-order valence-corrected chi connectivity index (χ2v) is 1.97. The number of carbonyl (C=O) groups is 2. The van der Waals surface area contributed by atoms with Crippen molar-refractivity contribution in [3.63, 3.8) is 0 Å². The van der Waals surface area contributed by atoms with E-state index in [0.29, 0.717) is 0 Å². The summed E-state index contributed by atoms with van der Waals surface area (Å²) in [5, 5.41) is 16.8. The van der Waals surface area contributed by atoms with Gasteiger partial charge in [-0.15, -0.1) is 0 Å². The van der Waals surface area contributed by atoms with Crippen molar-refractivity contribution in [1.29, 1.82) is 0 Å². The lowest BCUT2D eigenvalue weighted by Gasteiger charge is -1.93. The quantitative estimate of drug-likeness (QED) is 0.658. The maximum Gasteiger partial charge on any atom is 0.354 e. The molecule has 1 heterocycles. The van der Waals surface area contributed by atoms with Crippen LogP contribution in [0, 0.1) is 6.20 Å². The Balaban J connectivity index is 3.01. The molecule has 1 aromatic heterocycles. The standard InChI is InChI=1S/C7H4NO4/c9-6(10)4-1-2-5(7(11)12)8-3-4/h1-2H,(H,9,10)(H,11,12). The fraction of sp³-hybridized carbons (Fsp3) is 0. The summed E-state index contributed by atoms with van der Waals surface area (Å²) in [4.78, 5) is 23.8. The van der Waals surface area contributed by atoms with Gasteiger partial charge in [0.25, 0.3) is 0 Å². The molecule has 1 rings (SSSR count). The van der Waals surface area contributed by atoms with E-state index in [1.54, 1.807) is 0 Å². The fourth-order valence-corrected chi connectivity index (χ4v) is 0.595. The monoisotopic (exact) mass is 166 g/mol. The van der Waals surface area contributed by atoms with E-state index < -0.39 is 11.9 Å². The average Bonchev–Trinajstić information content (AvgIpc) is 2.04. The van der Waals surface area contributed by atoms with Gasteiger partial charge >= 0.3 is 11.9 Å². The highest BCUT2D eigenvalue weighted by molar-refractivity contribution is 5.89. The minimum absolute atomic E-state index is 0.153. The molecule has 5 nitrogen and oxygen atoms in total. The Labute approximate surface area is 67.3 Å². The predicted molar refractivity (Wildman–Crippen MR) is 37.0 cm³/mol. The van der Waals surface area contributed by atoms with Crippen LogP contribution in [0.2, 0.25) is 0 Å². The Bertz CT molecular complexity index is 284. The third-order valence-corrected chi connectivity index (χ3v) is 1.15. The first kappa shape index (κ1) is 8.19. The van der Waals surface area contributed by atoms with Crippen LogP contribution in [-0.4, -0.2) is 27.1 Å². The van der Waals surface area contributed by atoms with E-state index in [4.69, 9.17) is 10.2 Å². The van der Waals surface area contributed by atoms with Crippen LogP contribution in [-0.2, 0) is 0 Å². The van der Waals surface area contributed by atoms with Gasteiger partial charge in [0.1, 0.15) is 11.9 Å². The van der Waals surface area contributed by atoms with Gasteiger partial charge in [-0.05, 0) is 12.1 Å². The first-order valence-electron chi connectivity index (χ1n) is 2.96. The molecular weight excluding hydrogens is 162 g/mol. The van der Waals surface area contributed by atoms with Crippen molar-refractivity contribution in [3.8, 4) is 0 Å². The van der Waals surface area contributed by atoms with E-state index in [2.05, 4.69) is 11.2 Å². The lowest BCUT2D eigenvalue weighted by Crippen LogP contribution is -2.03. The number of aromatic nitrogens is 1. The van der Waals surface area contributed by atoms with Gasteiger partial charge in [0.15, 0.2) is 0 Å². The van der Waals surface area contributed by atoms with E-state index in [0.717, 1.165) is 12.1 Å². The van der Waals surface area contributed by atoms with E-state index in [-0.39, 0.29) is 11.3 Å². The van der Waals surface area contributed by atoms with Gasteiger partial charge in [0.05, 0.1) is 5.56 Å². The number of carboxylic acids is 2. The van der Waals surface area contributed by atoms with Crippen LogP contribution >= 0.6 is 0 Å². The summed E-state index contributed by atoms with van der Waals surface area (Å²) in [6, 6.07) is 2.25. The zero-order valence-electron chi connectivity index (χ0n) is 5.81. The molecule has 0 bridgehead atoms. The molecule has 0 saturated carbocycles. The van der Waals surface area contributed by atoms with Crippen LogP contribution in [0.5, 0.6) is 0 Å². The Kier molecular flexibility index (Phi) is 2.05. The van der Waals surface area contributed by atoms with E-state index >= 15 is 0 Å². The number of aromatic carboxylic acids is 2. The normalized spacial score (nSPS) is 9.33. The second kappa shape index (κ2) is 3.00. The molecule has 0 saturated heterocycles. The lowest BCUT2D eigenvalue weighted by molar-refractivity contribution is 0.0675. The van der Waals surface area contributed by atoms with Crippen molar-refractivity contribution in [3.05, 3.63) is 29.6 Å². The molecule has 0 spiro atoms. The molecule has 61 valence electrons. The maximum absolute atomic E-state index is 10.3. The SMILES string of the molecule is O=C(O)c1[c]nc(C(=O)O)cc1. The van der Waals surface area contributed by atoms with Gasteiger partial charge in [0, 0.05) is 0 Å². The maximum atomic E-state index is 10.3. The van der Waals surface area contributed by atoms with Crippen LogP contribution in [0.4, 0.5) is 0 Å². The highest BCUT2D eigenvalue weighted by Gasteiger charge is 2.07. The van der Waals surface area contributed by atoms with Gasteiger partial charge in [0.2, 0.25) is 0 Å². The van der Waals surface area contributed by atoms with E-state index in [9.17, 15) is 9.59 Å². The van der Waals surface area contributed by atoms with E-state index in [1.165, 1.54) is 0 Å². The average molecular weight is 166 g/mol. The Morgan fingerprint density at radius 2 is 1.92 bits per heavy atom. The molecule has 0 atom stereocenters. The molecule has 1 aromatic rings. The lowest BCUT2D eigenvalue weighted by atomic mass is 10.2. The minimum Gasteiger partial charge on any atom is -0.478 e. The fourth-order valence-electron chi connectivity index (χ4n) is 0.595. The molecule has 0 amide bonds. The van der Waals surface area contributed by atoms with Crippen LogP contribution in [0.1, 0.15) is 20.8 Å². The van der Waals surface area contributed by atoms with Crippen molar-refractivity contribution in [2.75, 3.05) is 0 Å². The molecule has 2 N–H and O–H groups in total. The highest BCUT2D eigenvalue weighted by Crippen LogP contribution is 1.98. The Morgan fingerprint density at radius 1 is 1.25 bits per heavy atom. The van der Waals surface area contributed by atoms with Crippen molar-refractivity contribution in [2.24, 2.45) is 0 Å². The molecular formula is C7H4NO4. The molecule has 0 aliphatic heterocycles. The molecule has 0 aliphatic carbocycles. The van der Waals surface area contributed by atoms with Crippen LogP contribution in [0.3, 0.4) is 0 Å². The summed E-state index contributed by atoms with van der Waals surface area (Å²) in [5.41, 5.74) is -0.375. The minimum atomic E-state index is -1.21. The van der Waals surface area contributed by atoms with Gasteiger partial charge < -0.3 is 10.2 Å². The first-order valence-corrected chi connectivity index (χ1v) is 2.96. The topological polar surface area (TPSA) is 87.5 Å². The third-order valence-electron chi connectivity index (χ3n) is 1.15. The van der Waals surface area contributed by atoms with Crippen molar-refractivity contribution >= 4 is 11.9 Å². The highest BCUT2D eigenvalue weighted by atomic mass is 16.4. The Morgan fingerprint density at radius 3 is 2.25 bits per heavy atom. The Hall–Kier alpha value is -1.91. The van der Waals surface area contributed by atoms with Gasteiger partial charge in [-0.2, -0.15) is 0 Å². The van der Waals surface area contributed by atoms with Gasteiger partial charge in [-0.25, -0.2) is 14.6 Å². The van der Waals surface area contributed by atoms with Crippen LogP contribution in [0.25, 0.3) is 0 Å². The summed E-state index contributed by atoms with van der Waals surface area (Å²) < 4.78 is 0. The summed E-state index contributed by atoms with van der Waals surface area (Å²) in [5.74, 6) is -2.39. The molecule has 0 aromatic carbocycles. The zero-order valence-corrected chi connectivity index (χ0v) is 5.81. The third kappa shape index (κ3) is 1.57. The second-order valence-electron chi connectivity index (χ2n) is 1.97. The zero-order chi connectivity index (χ0) is 9.14. The van der Waals surface area contributed by atoms with Crippen LogP contribution < -0.4 is 0 Å². The van der Waals surface area contributed by atoms with Gasteiger partial charge in [-0.1, -0.05) is 0 Å². The molecule has 0 fully saturated rings. The molecule has 1 radical (unpaired) electrons. The number of hydrogen-bond acceptors (Lipinski definition) is 3. The van der Waals surface area contributed by atoms with Crippen LogP contribution in [0.15, 0.2) is 12.1 Å². The van der Waals surface area contributed by atoms with Crippen molar-refractivity contribution in [2.45, 2.75) is 0 Å². The number of hydrogen-bond donors (Lipinski definition) is 2. The van der Waals surface area contributed by atoms with E-state index in [1.807, 2.05) is 0 Å². The number of rotatable bonds is 2. The summed E-state index contributed by atoms with van der Waals surface area (Å²) in [7, 11) is 0. The first-order chi connectivity index (χ1) is 5.61. The summed E-state index contributed by atoms with van der Waals surface area (Å²) >= 11 is 0. The predicted octanol–water partition coefficient (Wildman–Crippen LogP) is 0.278. The molecule has 12 heavy (non-hydrogen) atoms. The van der Waals surface area contributed by atoms with Crippen molar-refractivity contribution < 1.29 is 19.8 Å². The summed E-state index contributed by atoms with van der Waals surface area (Å²) in [6.07, 6.45) is 2.09. The smallest absolute Gasteiger partial charge is 0.354 e. The number of nitrogens with zero attached hydrogens (tertiary/aromatic N) is 1. The molecule has 5 heteroatoms. The summed E-state index contributed by atoms with van der Waals surface area (Å²) in [6.45, 7) is 0. The molecule has 0 aliphatic rings.